The molecule has 0 spiro atoms. The fourth-order valence-electron chi connectivity index (χ4n) is 2.33. The fourth-order valence-corrected chi connectivity index (χ4v) is 2.33. The van der Waals surface area contributed by atoms with Crippen molar-refractivity contribution in [1.29, 1.82) is 0 Å². The third kappa shape index (κ3) is 4.03. The van der Waals surface area contributed by atoms with Gasteiger partial charge in [0.1, 0.15) is 23.6 Å². The van der Waals surface area contributed by atoms with Gasteiger partial charge in [0, 0.05) is 5.69 Å². The van der Waals surface area contributed by atoms with Crippen LogP contribution in [-0.4, -0.2) is 15.0 Å². The van der Waals surface area contributed by atoms with E-state index in [1.54, 1.807) is 0 Å². The Morgan fingerprint density at radius 3 is 2.48 bits per heavy atom. The van der Waals surface area contributed by atoms with E-state index in [0.29, 0.717) is 34.9 Å². The number of nitrogens with zero attached hydrogens (tertiary/aromatic N) is 3. The molecule has 25 heavy (non-hydrogen) atoms. The number of hydrogen-bond acceptors (Lipinski definition) is 6. The van der Waals surface area contributed by atoms with E-state index in [4.69, 9.17) is 10.5 Å². The van der Waals surface area contributed by atoms with Gasteiger partial charge in [0.25, 0.3) is 0 Å². The second kappa shape index (κ2) is 7.17. The highest BCUT2D eigenvalue weighted by molar-refractivity contribution is 5.71. The maximum absolute atomic E-state index is 6.15. The van der Waals surface area contributed by atoms with Crippen molar-refractivity contribution in [2.24, 2.45) is 0 Å². The van der Waals surface area contributed by atoms with Crippen LogP contribution >= 0.6 is 0 Å². The van der Waals surface area contributed by atoms with E-state index >= 15 is 0 Å². The van der Waals surface area contributed by atoms with Crippen molar-refractivity contribution in [3.63, 3.8) is 0 Å². The zero-order valence-electron chi connectivity index (χ0n) is 14.5. The molecule has 0 aliphatic heterocycles. The number of nitrogens with two attached hydrogens (primary N) is 1. The van der Waals surface area contributed by atoms with E-state index in [1.165, 1.54) is 11.9 Å². The number of benzene rings is 1. The number of rotatable bonds is 5. The van der Waals surface area contributed by atoms with E-state index in [-0.39, 0.29) is 0 Å². The molecule has 0 radical (unpaired) electrons. The minimum atomic E-state index is 0.308. The molecule has 3 aromatic rings. The van der Waals surface area contributed by atoms with Crippen LogP contribution in [0.15, 0.2) is 48.8 Å². The summed E-state index contributed by atoms with van der Waals surface area (Å²) in [7, 11) is 0. The lowest BCUT2D eigenvalue weighted by atomic mass is 10.0. The summed E-state index contributed by atoms with van der Waals surface area (Å²) in [5.41, 5.74) is 8.64. The van der Waals surface area contributed by atoms with Gasteiger partial charge in [-0.05, 0) is 42.7 Å². The number of nitrogens with one attached hydrogen (secondary N) is 1. The third-order valence-electron chi connectivity index (χ3n) is 3.74. The number of hydrogen-bond donors (Lipinski definition) is 2. The highest BCUT2D eigenvalue weighted by Gasteiger charge is 2.11. The number of pyridine rings is 1. The summed E-state index contributed by atoms with van der Waals surface area (Å²) in [5, 5.41) is 3.10. The van der Waals surface area contributed by atoms with Gasteiger partial charge in [-0.15, -0.1) is 0 Å². The molecule has 0 atom stereocenters. The molecule has 0 aliphatic rings. The van der Waals surface area contributed by atoms with Gasteiger partial charge in [-0.2, -0.15) is 4.98 Å². The average molecular weight is 335 g/mol. The van der Waals surface area contributed by atoms with Crippen LogP contribution < -0.4 is 15.8 Å². The maximum atomic E-state index is 6.15. The molecule has 0 aliphatic carbocycles. The van der Waals surface area contributed by atoms with Crippen molar-refractivity contribution < 1.29 is 4.74 Å². The van der Waals surface area contributed by atoms with Crippen LogP contribution in [0.2, 0.25) is 0 Å². The molecule has 0 saturated carbocycles. The zero-order valence-corrected chi connectivity index (χ0v) is 14.5. The van der Waals surface area contributed by atoms with E-state index in [1.807, 2.05) is 49.4 Å². The second-order valence-corrected chi connectivity index (χ2v) is 6.06. The Labute approximate surface area is 147 Å². The lowest BCUT2D eigenvalue weighted by Crippen LogP contribution is -2.04. The first kappa shape index (κ1) is 16.7. The molecule has 3 rings (SSSR count). The molecule has 2 aromatic heterocycles. The highest BCUT2D eigenvalue weighted by Crippen LogP contribution is 2.31. The van der Waals surface area contributed by atoms with Crippen LogP contribution in [0.25, 0.3) is 0 Å². The molecule has 6 heteroatoms. The lowest BCUT2D eigenvalue weighted by molar-refractivity contribution is 0.464. The van der Waals surface area contributed by atoms with Gasteiger partial charge in [-0.3, -0.25) is 0 Å². The minimum absolute atomic E-state index is 0.308. The number of nitrogen functional groups attached to an aromatic ring is 1. The van der Waals surface area contributed by atoms with Gasteiger partial charge in [-0.1, -0.05) is 32.0 Å². The third-order valence-corrected chi connectivity index (χ3v) is 3.74. The summed E-state index contributed by atoms with van der Waals surface area (Å²) in [6.07, 6.45) is 1.41. The van der Waals surface area contributed by atoms with E-state index in [9.17, 15) is 0 Å². The second-order valence-electron chi connectivity index (χ2n) is 6.06. The van der Waals surface area contributed by atoms with Gasteiger partial charge in [-0.25, -0.2) is 9.97 Å². The number of ether oxygens (including phenoxy) is 1. The van der Waals surface area contributed by atoms with Gasteiger partial charge in [0.15, 0.2) is 5.82 Å². The predicted octanol–water partition coefficient (Wildman–Crippen LogP) is 4.42. The minimum Gasteiger partial charge on any atom is -0.437 e. The Morgan fingerprint density at radius 2 is 1.80 bits per heavy atom. The Balaban J connectivity index is 1.81. The maximum Gasteiger partial charge on any atom is 0.248 e. The first-order valence-electron chi connectivity index (χ1n) is 8.12. The summed E-state index contributed by atoms with van der Waals surface area (Å²) in [6.45, 7) is 6.22. The normalized spacial score (nSPS) is 10.7. The van der Waals surface area contributed by atoms with E-state index in [0.717, 1.165) is 5.69 Å². The molecular formula is C19H21N5O. The van der Waals surface area contributed by atoms with Gasteiger partial charge < -0.3 is 15.8 Å². The fraction of sp³-hybridized carbons (Fsp3) is 0.211. The Bertz CT molecular complexity index is 862. The summed E-state index contributed by atoms with van der Waals surface area (Å²) < 4.78 is 5.81. The number of aryl methyl sites for hydroxylation is 1. The standard InChI is InChI=1S/C19H21N5O/c1-12(2)14-7-9-15(10-8-14)25-19-17(20)18(21-11-22-19)24-16-6-4-5-13(3)23-16/h4-12H,20H2,1-3H3,(H,21,22,23,24). The van der Waals surface area contributed by atoms with Crippen LogP contribution in [0.1, 0.15) is 31.0 Å². The molecular weight excluding hydrogens is 314 g/mol. The molecule has 0 unspecified atom stereocenters. The van der Waals surface area contributed by atoms with E-state index < -0.39 is 0 Å². The van der Waals surface area contributed by atoms with Crippen LogP contribution in [0.3, 0.4) is 0 Å². The van der Waals surface area contributed by atoms with Gasteiger partial charge >= 0.3 is 0 Å². The Kier molecular flexibility index (Phi) is 4.79. The first-order valence-corrected chi connectivity index (χ1v) is 8.12. The number of aromatic nitrogens is 3. The van der Waals surface area contributed by atoms with Crippen LogP contribution in [0.5, 0.6) is 11.6 Å². The lowest BCUT2D eigenvalue weighted by Gasteiger charge is -2.12. The van der Waals surface area contributed by atoms with Crippen molar-refractivity contribution in [3.05, 3.63) is 60.0 Å². The van der Waals surface area contributed by atoms with Crippen molar-refractivity contribution in [2.75, 3.05) is 11.1 Å². The summed E-state index contributed by atoms with van der Waals surface area (Å²) >= 11 is 0. The number of anilines is 3. The molecule has 6 nitrogen and oxygen atoms in total. The van der Waals surface area contributed by atoms with Gasteiger partial charge in [0.05, 0.1) is 0 Å². The Morgan fingerprint density at radius 1 is 1.04 bits per heavy atom. The van der Waals surface area contributed by atoms with Crippen molar-refractivity contribution in [1.82, 2.24) is 15.0 Å². The van der Waals surface area contributed by atoms with Crippen LogP contribution in [-0.2, 0) is 0 Å². The molecule has 2 heterocycles. The monoisotopic (exact) mass is 335 g/mol. The topological polar surface area (TPSA) is 86.0 Å². The zero-order chi connectivity index (χ0) is 17.8. The molecule has 0 amide bonds. The largest absolute Gasteiger partial charge is 0.437 e. The SMILES string of the molecule is Cc1cccc(Nc2ncnc(Oc3ccc(C(C)C)cc3)c2N)n1. The molecule has 0 fully saturated rings. The molecule has 3 N–H and O–H groups in total. The van der Waals surface area contributed by atoms with E-state index in [2.05, 4.69) is 34.1 Å². The van der Waals surface area contributed by atoms with Crippen LogP contribution in [0.4, 0.5) is 17.3 Å². The van der Waals surface area contributed by atoms with Crippen molar-refractivity contribution in [3.8, 4) is 11.6 Å². The predicted molar refractivity (Wildman–Crippen MR) is 99.3 cm³/mol. The molecule has 128 valence electrons. The molecule has 0 saturated heterocycles. The van der Waals surface area contributed by atoms with Crippen molar-refractivity contribution >= 4 is 17.3 Å². The summed E-state index contributed by atoms with van der Waals surface area (Å²) in [5.74, 6) is 2.58. The quantitative estimate of drug-likeness (QED) is 0.718. The molecule has 0 bridgehead atoms. The van der Waals surface area contributed by atoms with Gasteiger partial charge in [0.2, 0.25) is 5.88 Å². The van der Waals surface area contributed by atoms with Crippen molar-refractivity contribution in [2.45, 2.75) is 26.7 Å². The molecule has 1 aromatic carbocycles. The average Bonchev–Trinajstić information content (AvgIpc) is 2.59. The van der Waals surface area contributed by atoms with Crippen LogP contribution in [0, 0.1) is 6.92 Å². The Hall–Kier alpha value is -3.15. The highest BCUT2D eigenvalue weighted by atomic mass is 16.5. The first-order chi connectivity index (χ1) is 12.0. The smallest absolute Gasteiger partial charge is 0.248 e. The summed E-state index contributed by atoms with van der Waals surface area (Å²) in [4.78, 5) is 12.7. The summed E-state index contributed by atoms with van der Waals surface area (Å²) in [6, 6.07) is 13.6.